The Balaban J connectivity index is 1.39. The molecule has 0 radical (unpaired) electrons. The van der Waals surface area contributed by atoms with Crippen molar-refractivity contribution in [1.29, 1.82) is 0 Å². The first-order chi connectivity index (χ1) is 13.8. The second kappa shape index (κ2) is 8.95. The van der Waals surface area contributed by atoms with Crippen molar-refractivity contribution in [2.24, 2.45) is 0 Å². The zero-order chi connectivity index (χ0) is 19.2. The minimum absolute atomic E-state index is 0.203. The number of nitrogens with one attached hydrogen (secondary N) is 1. The summed E-state index contributed by atoms with van der Waals surface area (Å²) in [5.74, 6) is -0.217. The van der Waals surface area contributed by atoms with Gasteiger partial charge in [0, 0.05) is 23.9 Å². The van der Waals surface area contributed by atoms with Crippen LogP contribution in [0.2, 0.25) is 0 Å². The molecule has 5 nitrogen and oxygen atoms in total. The van der Waals surface area contributed by atoms with E-state index in [0.717, 1.165) is 41.5 Å². The Morgan fingerprint density at radius 1 is 1.14 bits per heavy atom. The second-order valence-electron chi connectivity index (χ2n) is 7.04. The summed E-state index contributed by atoms with van der Waals surface area (Å²) in [4.78, 5) is 17.0. The smallest absolute Gasteiger partial charge is 0.274 e. The zero-order valence-electron chi connectivity index (χ0n) is 15.8. The number of rotatable bonds is 6. The SMILES string of the molecule is O=C(Nc1cccc(COCC2CCCCO2)c1)c1nccc2ccccc12. The number of aromatic nitrogens is 1. The van der Waals surface area contributed by atoms with Gasteiger partial charge in [0.2, 0.25) is 0 Å². The number of hydrogen-bond acceptors (Lipinski definition) is 4. The molecule has 1 aromatic heterocycles. The first kappa shape index (κ1) is 18.6. The molecule has 3 aromatic rings. The molecule has 1 amide bonds. The molecular formula is C23H24N2O3. The fourth-order valence-corrected chi connectivity index (χ4v) is 3.48. The predicted molar refractivity (Wildman–Crippen MR) is 109 cm³/mol. The van der Waals surface area contributed by atoms with E-state index in [2.05, 4.69) is 10.3 Å². The highest BCUT2D eigenvalue weighted by Gasteiger charge is 2.14. The van der Waals surface area contributed by atoms with E-state index in [1.54, 1.807) is 6.20 Å². The van der Waals surface area contributed by atoms with Crippen LogP contribution in [0.5, 0.6) is 0 Å². The van der Waals surface area contributed by atoms with Gasteiger partial charge in [0.25, 0.3) is 5.91 Å². The van der Waals surface area contributed by atoms with Gasteiger partial charge in [0.15, 0.2) is 0 Å². The molecule has 4 rings (SSSR count). The average molecular weight is 376 g/mol. The van der Waals surface area contributed by atoms with Crippen LogP contribution < -0.4 is 5.32 Å². The lowest BCUT2D eigenvalue weighted by molar-refractivity contribution is -0.0447. The van der Waals surface area contributed by atoms with Crippen molar-refractivity contribution in [3.63, 3.8) is 0 Å². The van der Waals surface area contributed by atoms with E-state index in [1.807, 2.05) is 54.6 Å². The van der Waals surface area contributed by atoms with Gasteiger partial charge in [-0.25, -0.2) is 0 Å². The maximum atomic E-state index is 12.7. The zero-order valence-corrected chi connectivity index (χ0v) is 15.8. The number of anilines is 1. The number of hydrogen-bond donors (Lipinski definition) is 1. The van der Waals surface area contributed by atoms with Gasteiger partial charge < -0.3 is 14.8 Å². The van der Waals surface area contributed by atoms with E-state index in [-0.39, 0.29) is 12.0 Å². The molecule has 2 heterocycles. The standard InChI is InChI=1S/C23H24N2O3/c26-23(22-21-10-2-1-7-18(21)11-12-24-22)25-19-8-5-6-17(14-19)15-27-16-20-9-3-4-13-28-20/h1-2,5-8,10-12,14,20H,3-4,9,13,15-16H2,(H,25,26). The first-order valence-corrected chi connectivity index (χ1v) is 9.73. The van der Waals surface area contributed by atoms with E-state index in [9.17, 15) is 4.79 Å². The van der Waals surface area contributed by atoms with Gasteiger partial charge in [-0.05, 0) is 48.4 Å². The minimum atomic E-state index is -0.217. The lowest BCUT2D eigenvalue weighted by Crippen LogP contribution is -2.24. The Morgan fingerprint density at radius 3 is 2.96 bits per heavy atom. The molecular weight excluding hydrogens is 352 g/mol. The molecule has 0 saturated carbocycles. The van der Waals surface area contributed by atoms with E-state index >= 15 is 0 Å². The van der Waals surface area contributed by atoms with Crippen LogP contribution in [0, 0.1) is 0 Å². The molecule has 5 heteroatoms. The highest BCUT2D eigenvalue weighted by molar-refractivity contribution is 6.11. The van der Waals surface area contributed by atoms with Crippen LogP contribution in [-0.4, -0.2) is 30.2 Å². The maximum absolute atomic E-state index is 12.7. The molecule has 0 aliphatic carbocycles. The topological polar surface area (TPSA) is 60.5 Å². The van der Waals surface area contributed by atoms with Crippen molar-refractivity contribution in [3.8, 4) is 0 Å². The lowest BCUT2D eigenvalue weighted by atomic mass is 10.1. The van der Waals surface area contributed by atoms with Crippen LogP contribution in [0.3, 0.4) is 0 Å². The molecule has 1 fully saturated rings. The summed E-state index contributed by atoms with van der Waals surface area (Å²) in [6.45, 7) is 1.93. The fraction of sp³-hybridized carbons (Fsp3) is 0.304. The molecule has 1 atom stereocenters. The summed E-state index contributed by atoms with van der Waals surface area (Å²) >= 11 is 0. The quantitative estimate of drug-likeness (QED) is 0.684. The van der Waals surface area contributed by atoms with Crippen molar-refractivity contribution in [2.45, 2.75) is 32.0 Å². The Bertz CT molecular complexity index is 946. The van der Waals surface area contributed by atoms with Crippen molar-refractivity contribution in [1.82, 2.24) is 4.98 Å². The van der Waals surface area contributed by atoms with E-state index in [4.69, 9.17) is 9.47 Å². The summed E-state index contributed by atoms with van der Waals surface area (Å²) in [6.07, 6.45) is 5.28. The lowest BCUT2D eigenvalue weighted by Gasteiger charge is -2.22. The highest BCUT2D eigenvalue weighted by Crippen LogP contribution is 2.19. The van der Waals surface area contributed by atoms with Gasteiger partial charge in [-0.1, -0.05) is 36.4 Å². The number of benzene rings is 2. The third-order valence-corrected chi connectivity index (χ3v) is 4.92. The summed E-state index contributed by atoms with van der Waals surface area (Å²) in [7, 11) is 0. The van der Waals surface area contributed by atoms with Crippen LogP contribution in [0.25, 0.3) is 10.8 Å². The van der Waals surface area contributed by atoms with Crippen LogP contribution in [0.15, 0.2) is 60.8 Å². The molecule has 1 unspecified atom stereocenters. The predicted octanol–water partition coefficient (Wildman–Crippen LogP) is 4.57. The summed E-state index contributed by atoms with van der Waals surface area (Å²) < 4.78 is 11.5. The number of carbonyl (C=O) groups is 1. The normalized spacial score (nSPS) is 16.8. The number of ether oxygens (including phenoxy) is 2. The van der Waals surface area contributed by atoms with Gasteiger partial charge in [-0.3, -0.25) is 9.78 Å². The summed E-state index contributed by atoms with van der Waals surface area (Å²) in [5, 5.41) is 4.79. The van der Waals surface area contributed by atoms with Crippen LogP contribution >= 0.6 is 0 Å². The molecule has 0 spiro atoms. The van der Waals surface area contributed by atoms with Crippen LogP contribution in [0.1, 0.15) is 35.3 Å². The third kappa shape index (κ3) is 4.55. The molecule has 1 aliphatic heterocycles. The largest absolute Gasteiger partial charge is 0.376 e. The van der Waals surface area contributed by atoms with Gasteiger partial charge in [-0.15, -0.1) is 0 Å². The highest BCUT2D eigenvalue weighted by atomic mass is 16.5. The first-order valence-electron chi connectivity index (χ1n) is 9.73. The Hall–Kier alpha value is -2.76. The van der Waals surface area contributed by atoms with Gasteiger partial charge in [0.1, 0.15) is 5.69 Å². The summed E-state index contributed by atoms with van der Waals surface area (Å²) in [6, 6.07) is 17.4. The van der Waals surface area contributed by atoms with Crippen molar-refractivity contribution in [2.75, 3.05) is 18.5 Å². The van der Waals surface area contributed by atoms with Crippen molar-refractivity contribution >= 4 is 22.4 Å². The number of carbonyl (C=O) groups excluding carboxylic acids is 1. The van der Waals surface area contributed by atoms with Gasteiger partial charge in [-0.2, -0.15) is 0 Å². The van der Waals surface area contributed by atoms with Crippen molar-refractivity contribution in [3.05, 3.63) is 72.1 Å². The molecule has 2 aromatic carbocycles. The van der Waals surface area contributed by atoms with E-state index in [0.29, 0.717) is 18.9 Å². The van der Waals surface area contributed by atoms with Crippen LogP contribution in [0.4, 0.5) is 5.69 Å². The number of nitrogens with zero attached hydrogens (tertiary/aromatic N) is 1. The minimum Gasteiger partial charge on any atom is -0.376 e. The molecule has 0 bridgehead atoms. The average Bonchev–Trinajstić information content (AvgIpc) is 2.74. The van der Waals surface area contributed by atoms with E-state index < -0.39 is 0 Å². The van der Waals surface area contributed by atoms with Crippen molar-refractivity contribution < 1.29 is 14.3 Å². The number of pyridine rings is 1. The fourth-order valence-electron chi connectivity index (χ4n) is 3.48. The Labute approximate surface area is 164 Å². The van der Waals surface area contributed by atoms with E-state index in [1.165, 1.54) is 6.42 Å². The Kier molecular flexibility index (Phi) is 5.95. The van der Waals surface area contributed by atoms with Gasteiger partial charge in [0.05, 0.1) is 19.3 Å². The third-order valence-electron chi connectivity index (χ3n) is 4.92. The van der Waals surface area contributed by atoms with Crippen LogP contribution in [-0.2, 0) is 16.1 Å². The second-order valence-corrected chi connectivity index (χ2v) is 7.04. The molecule has 1 aliphatic rings. The Morgan fingerprint density at radius 2 is 2.07 bits per heavy atom. The number of amides is 1. The maximum Gasteiger partial charge on any atom is 0.274 e. The van der Waals surface area contributed by atoms with Gasteiger partial charge >= 0.3 is 0 Å². The molecule has 144 valence electrons. The monoisotopic (exact) mass is 376 g/mol. The number of fused-ring (bicyclic) bond motifs is 1. The summed E-state index contributed by atoms with van der Waals surface area (Å²) in [5.41, 5.74) is 2.17. The molecule has 1 saturated heterocycles. The molecule has 28 heavy (non-hydrogen) atoms. The molecule has 1 N–H and O–H groups in total.